The molecule has 1 unspecified atom stereocenters. The minimum atomic E-state index is -0.639. The number of nitriles is 1. The molecule has 3 rings (SSSR count). The molecule has 1 aromatic heterocycles. The highest BCUT2D eigenvalue weighted by Gasteiger charge is 2.24. The molecule has 23 heavy (non-hydrogen) atoms. The van der Waals surface area contributed by atoms with Crippen LogP contribution in [0.25, 0.3) is 0 Å². The molecule has 1 aliphatic rings. The summed E-state index contributed by atoms with van der Waals surface area (Å²) >= 11 is 0. The van der Waals surface area contributed by atoms with Gasteiger partial charge in [-0.25, -0.2) is 8.78 Å². The summed E-state index contributed by atoms with van der Waals surface area (Å²) < 4.78 is 33.2. The third kappa shape index (κ3) is 3.52. The lowest BCUT2D eigenvalue weighted by atomic mass is 10.0. The van der Waals surface area contributed by atoms with Gasteiger partial charge in [0.2, 0.25) is 0 Å². The van der Waals surface area contributed by atoms with Gasteiger partial charge in [0.05, 0.1) is 36.7 Å². The fraction of sp³-hybridized carbons (Fsp3) is 0.294. The molecular weight excluding hydrogens is 300 g/mol. The fourth-order valence-corrected chi connectivity index (χ4v) is 2.67. The fourth-order valence-electron chi connectivity index (χ4n) is 2.67. The Labute approximate surface area is 132 Å². The molecule has 0 spiro atoms. The zero-order valence-electron chi connectivity index (χ0n) is 12.4. The zero-order chi connectivity index (χ0) is 16.2. The Morgan fingerprint density at radius 1 is 1.30 bits per heavy atom. The molecule has 0 saturated carbocycles. The van der Waals surface area contributed by atoms with Gasteiger partial charge in [-0.05, 0) is 17.7 Å². The average molecular weight is 315 g/mol. The van der Waals surface area contributed by atoms with E-state index in [1.165, 1.54) is 0 Å². The number of hydrogen-bond donors (Lipinski definition) is 0. The molecule has 1 aromatic carbocycles. The van der Waals surface area contributed by atoms with Crippen molar-refractivity contribution in [1.82, 2.24) is 9.88 Å². The Bertz CT molecular complexity index is 725. The third-order valence-electron chi connectivity index (χ3n) is 3.87. The molecule has 1 atom stereocenters. The normalized spacial score (nSPS) is 18.6. The van der Waals surface area contributed by atoms with E-state index in [-0.39, 0.29) is 18.2 Å². The molecule has 1 saturated heterocycles. The minimum absolute atomic E-state index is 0.0198. The first kappa shape index (κ1) is 15.5. The van der Waals surface area contributed by atoms with Crippen molar-refractivity contribution in [2.45, 2.75) is 12.6 Å². The minimum Gasteiger partial charge on any atom is -0.371 e. The largest absolute Gasteiger partial charge is 0.371 e. The highest BCUT2D eigenvalue weighted by molar-refractivity contribution is 5.34. The summed E-state index contributed by atoms with van der Waals surface area (Å²) in [7, 11) is 0. The standard InChI is InChI=1S/C17H15F2N3O/c18-15-8-21-9-16(19)14(15)10-22-4-5-23-17(11-22)13-3-1-2-12(6-13)7-20/h1-3,6,8-9,17H,4-5,10-11H2. The highest BCUT2D eigenvalue weighted by atomic mass is 19.1. The van der Waals surface area contributed by atoms with Gasteiger partial charge in [-0.3, -0.25) is 9.88 Å². The quantitative estimate of drug-likeness (QED) is 0.874. The van der Waals surface area contributed by atoms with Gasteiger partial charge in [0.15, 0.2) is 0 Å². The number of rotatable bonds is 3. The Hall–Kier alpha value is -2.36. The van der Waals surface area contributed by atoms with Crippen LogP contribution in [0.2, 0.25) is 0 Å². The van der Waals surface area contributed by atoms with Crippen LogP contribution in [0.15, 0.2) is 36.7 Å². The van der Waals surface area contributed by atoms with Crippen molar-refractivity contribution >= 4 is 0 Å². The summed E-state index contributed by atoms with van der Waals surface area (Å²) in [5, 5.41) is 8.98. The van der Waals surface area contributed by atoms with E-state index < -0.39 is 11.6 Å². The van der Waals surface area contributed by atoms with E-state index in [1.807, 2.05) is 11.0 Å². The number of halogens is 2. The molecule has 0 amide bonds. The van der Waals surface area contributed by atoms with Crippen LogP contribution < -0.4 is 0 Å². The number of ether oxygens (including phenoxy) is 1. The Kier molecular flexibility index (Phi) is 4.60. The van der Waals surface area contributed by atoms with E-state index in [4.69, 9.17) is 10.00 Å². The van der Waals surface area contributed by atoms with Crippen LogP contribution in [0.3, 0.4) is 0 Å². The molecule has 2 heterocycles. The molecule has 1 fully saturated rings. The summed E-state index contributed by atoms with van der Waals surface area (Å²) in [6.45, 7) is 1.74. The molecule has 4 nitrogen and oxygen atoms in total. The number of pyridine rings is 1. The van der Waals surface area contributed by atoms with Crippen molar-refractivity contribution < 1.29 is 13.5 Å². The van der Waals surface area contributed by atoms with E-state index in [2.05, 4.69) is 11.1 Å². The molecule has 0 N–H and O–H groups in total. The van der Waals surface area contributed by atoms with Crippen molar-refractivity contribution in [1.29, 1.82) is 5.26 Å². The van der Waals surface area contributed by atoms with Crippen molar-refractivity contribution in [3.8, 4) is 6.07 Å². The lowest BCUT2D eigenvalue weighted by Crippen LogP contribution is -2.38. The molecule has 118 valence electrons. The van der Waals surface area contributed by atoms with Gasteiger partial charge < -0.3 is 4.74 Å². The topological polar surface area (TPSA) is 49.2 Å². The second-order valence-corrected chi connectivity index (χ2v) is 5.41. The van der Waals surface area contributed by atoms with E-state index in [9.17, 15) is 8.78 Å². The maximum atomic E-state index is 13.7. The lowest BCUT2D eigenvalue weighted by Gasteiger charge is -2.33. The summed E-state index contributed by atoms with van der Waals surface area (Å²) in [6.07, 6.45) is 1.82. The van der Waals surface area contributed by atoms with Gasteiger partial charge in [0.25, 0.3) is 0 Å². The molecule has 0 aliphatic carbocycles. The molecule has 0 radical (unpaired) electrons. The summed E-state index contributed by atoms with van der Waals surface area (Å²) in [4.78, 5) is 5.43. The lowest BCUT2D eigenvalue weighted by molar-refractivity contribution is -0.0335. The number of aromatic nitrogens is 1. The number of morpholine rings is 1. The van der Waals surface area contributed by atoms with Crippen LogP contribution in [0.1, 0.15) is 22.8 Å². The highest BCUT2D eigenvalue weighted by Crippen LogP contribution is 2.24. The number of nitrogens with zero attached hydrogens (tertiary/aromatic N) is 3. The Balaban J connectivity index is 1.75. The van der Waals surface area contributed by atoms with E-state index in [1.54, 1.807) is 18.2 Å². The van der Waals surface area contributed by atoms with Crippen LogP contribution in [-0.4, -0.2) is 29.6 Å². The van der Waals surface area contributed by atoms with Crippen molar-refractivity contribution in [2.24, 2.45) is 0 Å². The first-order valence-corrected chi connectivity index (χ1v) is 7.29. The predicted octanol–water partition coefficient (Wildman–Crippen LogP) is 2.80. The van der Waals surface area contributed by atoms with Crippen LogP contribution in [0, 0.1) is 23.0 Å². The molecule has 6 heteroatoms. The van der Waals surface area contributed by atoms with Crippen molar-refractivity contribution in [3.05, 3.63) is 65.0 Å². The van der Waals surface area contributed by atoms with Gasteiger partial charge in [-0.15, -0.1) is 0 Å². The number of hydrogen-bond acceptors (Lipinski definition) is 4. The van der Waals surface area contributed by atoms with E-state index in [0.717, 1.165) is 18.0 Å². The molecule has 1 aliphatic heterocycles. The monoisotopic (exact) mass is 315 g/mol. The van der Waals surface area contributed by atoms with E-state index >= 15 is 0 Å². The average Bonchev–Trinajstić information content (AvgIpc) is 2.59. The molecule has 0 bridgehead atoms. The maximum Gasteiger partial charge on any atom is 0.148 e. The SMILES string of the molecule is N#Cc1cccc(C2CN(Cc3c(F)cncc3F)CCO2)c1. The van der Waals surface area contributed by atoms with E-state index in [0.29, 0.717) is 25.3 Å². The summed E-state index contributed by atoms with van der Waals surface area (Å²) in [6, 6.07) is 9.30. The van der Waals surface area contributed by atoms with Gasteiger partial charge in [-0.2, -0.15) is 5.26 Å². The van der Waals surface area contributed by atoms with Gasteiger partial charge in [-0.1, -0.05) is 12.1 Å². The maximum absolute atomic E-state index is 13.7. The third-order valence-corrected chi connectivity index (χ3v) is 3.87. The molecular formula is C17H15F2N3O. The van der Waals surface area contributed by atoms with Crippen molar-refractivity contribution in [2.75, 3.05) is 19.7 Å². The summed E-state index contributed by atoms with van der Waals surface area (Å²) in [5.74, 6) is -1.28. The van der Waals surface area contributed by atoms with Crippen LogP contribution in [0.4, 0.5) is 8.78 Å². The van der Waals surface area contributed by atoms with Crippen molar-refractivity contribution in [3.63, 3.8) is 0 Å². The first-order chi connectivity index (χ1) is 11.2. The zero-order valence-corrected chi connectivity index (χ0v) is 12.4. The predicted molar refractivity (Wildman–Crippen MR) is 79.3 cm³/mol. The van der Waals surface area contributed by atoms with Gasteiger partial charge in [0.1, 0.15) is 11.6 Å². The summed E-state index contributed by atoms with van der Waals surface area (Å²) in [5.41, 5.74) is 1.48. The smallest absolute Gasteiger partial charge is 0.148 e. The Morgan fingerprint density at radius 2 is 2.09 bits per heavy atom. The second-order valence-electron chi connectivity index (χ2n) is 5.41. The second kappa shape index (κ2) is 6.82. The Morgan fingerprint density at radius 3 is 2.83 bits per heavy atom. The van der Waals surface area contributed by atoms with Gasteiger partial charge in [0, 0.05) is 25.2 Å². The van der Waals surface area contributed by atoms with Crippen LogP contribution >= 0.6 is 0 Å². The van der Waals surface area contributed by atoms with Gasteiger partial charge >= 0.3 is 0 Å². The first-order valence-electron chi connectivity index (χ1n) is 7.29. The van der Waals surface area contributed by atoms with Crippen LogP contribution in [-0.2, 0) is 11.3 Å². The van der Waals surface area contributed by atoms with Crippen LogP contribution in [0.5, 0.6) is 0 Å². The molecule has 2 aromatic rings. The number of benzene rings is 1.